The number of hydrogen-bond donors (Lipinski definition) is 1. The standard InChI is InChI=1S/C33H52N4O2/c1-23(5-10-31(39)37-17-15-36(16-18-37)22-24-20-34-35(4)21-24)28-8-9-29-27-7-6-25-19-26(38)11-13-32(25,2)30(27)12-14-33(28,29)3/h6,20-21,23,26-30,38H,5,7-19,22H2,1-4H3/t23-,26+,27+,28-,29+,30+,32+,33-/m1/s1. The molecule has 1 aromatic rings. The first-order valence-corrected chi connectivity index (χ1v) is 16.0. The molecule has 4 fully saturated rings. The number of rotatable bonds is 6. The van der Waals surface area contributed by atoms with Gasteiger partial charge in [-0.1, -0.05) is 32.4 Å². The number of carbonyl (C=O) groups is 1. The number of amides is 1. The fourth-order valence-corrected chi connectivity index (χ4v) is 10.3. The summed E-state index contributed by atoms with van der Waals surface area (Å²) in [5.41, 5.74) is 3.57. The number of aryl methyl sites for hydroxylation is 1. The lowest BCUT2D eigenvalue weighted by atomic mass is 9.47. The second-order valence-corrected chi connectivity index (χ2v) is 14.6. The van der Waals surface area contributed by atoms with Gasteiger partial charge < -0.3 is 10.0 Å². The van der Waals surface area contributed by atoms with Crippen LogP contribution < -0.4 is 0 Å². The van der Waals surface area contributed by atoms with Gasteiger partial charge in [-0.05, 0) is 98.2 Å². The van der Waals surface area contributed by atoms with E-state index in [4.69, 9.17) is 0 Å². The number of aliphatic hydroxyl groups excluding tert-OH is 1. The van der Waals surface area contributed by atoms with Crippen molar-refractivity contribution in [2.45, 2.75) is 97.6 Å². The van der Waals surface area contributed by atoms with Gasteiger partial charge in [0.05, 0.1) is 12.3 Å². The maximum Gasteiger partial charge on any atom is 0.222 e. The third-order valence-corrected chi connectivity index (χ3v) is 12.5. The number of nitrogens with zero attached hydrogens (tertiary/aromatic N) is 4. The molecule has 1 amide bonds. The Morgan fingerprint density at radius 2 is 1.90 bits per heavy atom. The normalized spacial score (nSPS) is 39.5. The Morgan fingerprint density at radius 3 is 2.64 bits per heavy atom. The second kappa shape index (κ2) is 10.6. The molecule has 1 aliphatic heterocycles. The highest BCUT2D eigenvalue weighted by atomic mass is 16.3. The second-order valence-electron chi connectivity index (χ2n) is 14.6. The number of aliphatic hydroxyl groups is 1. The first kappa shape index (κ1) is 27.5. The third-order valence-electron chi connectivity index (χ3n) is 12.5. The summed E-state index contributed by atoms with van der Waals surface area (Å²) in [5.74, 6) is 4.17. The smallest absolute Gasteiger partial charge is 0.222 e. The molecule has 39 heavy (non-hydrogen) atoms. The van der Waals surface area contributed by atoms with Gasteiger partial charge in [-0.3, -0.25) is 14.4 Å². The molecule has 6 heteroatoms. The first-order valence-electron chi connectivity index (χ1n) is 16.0. The monoisotopic (exact) mass is 536 g/mol. The molecular weight excluding hydrogens is 484 g/mol. The van der Waals surface area contributed by atoms with Crippen LogP contribution in [-0.4, -0.2) is 62.9 Å². The zero-order valence-corrected chi connectivity index (χ0v) is 24.9. The van der Waals surface area contributed by atoms with E-state index in [2.05, 4.69) is 47.9 Å². The lowest BCUT2D eigenvalue weighted by Gasteiger charge is -2.58. The molecule has 0 aromatic carbocycles. The summed E-state index contributed by atoms with van der Waals surface area (Å²) in [5, 5.41) is 14.6. The van der Waals surface area contributed by atoms with Crippen molar-refractivity contribution in [1.29, 1.82) is 0 Å². The van der Waals surface area contributed by atoms with E-state index in [1.165, 1.54) is 44.1 Å². The Morgan fingerprint density at radius 1 is 1.10 bits per heavy atom. The van der Waals surface area contributed by atoms with E-state index in [0.717, 1.165) is 75.7 Å². The number of hydrogen-bond acceptors (Lipinski definition) is 4. The Labute approximate surface area is 236 Å². The lowest BCUT2D eigenvalue weighted by Crippen LogP contribution is -2.51. The molecule has 2 heterocycles. The van der Waals surface area contributed by atoms with E-state index < -0.39 is 0 Å². The van der Waals surface area contributed by atoms with Gasteiger partial charge in [0.15, 0.2) is 0 Å². The molecule has 1 N–H and O–H groups in total. The summed E-state index contributed by atoms with van der Waals surface area (Å²) in [7, 11) is 1.96. The van der Waals surface area contributed by atoms with Gasteiger partial charge >= 0.3 is 0 Å². The summed E-state index contributed by atoms with van der Waals surface area (Å²) in [6.07, 6.45) is 17.9. The van der Waals surface area contributed by atoms with Crippen LogP contribution in [0, 0.1) is 40.4 Å². The van der Waals surface area contributed by atoms with Gasteiger partial charge in [0.1, 0.15) is 0 Å². The van der Waals surface area contributed by atoms with Crippen molar-refractivity contribution in [3.8, 4) is 0 Å². The minimum atomic E-state index is -0.120. The van der Waals surface area contributed by atoms with Crippen molar-refractivity contribution in [3.63, 3.8) is 0 Å². The molecule has 4 aliphatic carbocycles. The SMILES string of the molecule is C[C@H](CCC(=O)N1CCN(Cc2cnn(C)c2)CC1)[C@H]1CC[C@H]2[C@@H]3CC=C4C[C@@H](O)CC[C@]4(C)[C@H]3CC[C@]12C. The maximum atomic E-state index is 13.2. The summed E-state index contributed by atoms with van der Waals surface area (Å²) in [6, 6.07) is 0. The van der Waals surface area contributed by atoms with Crippen molar-refractivity contribution in [3.05, 3.63) is 29.6 Å². The predicted molar refractivity (Wildman–Crippen MR) is 155 cm³/mol. The maximum absolute atomic E-state index is 13.2. The molecule has 6 nitrogen and oxygen atoms in total. The molecule has 0 radical (unpaired) electrons. The van der Waals surface area contributed by atoms with E-state index in [0.29, 0.717) is 29.1 Å². The zero-order valence-electron chi connectivity index (χ0n) is 24.9. The summed E-state index contributed by atoms with van der Waals surface area (Å²) in [6.45, 7) is 12.1. The number of fused-ring (bicyclic) bond motifs is 5. The van der Waals surface area contributed by atoms with Crippen LogP contribution >= 0.6 is 0 Å². The fourth-order valence-electron chi connectivity index (χ4n) is 10.3. The Kier molecular flexibility index (Phi) is 7.50. The molecule has 6 rings (SSSR count). The Balaban J connectivity index is 1.02. The van der Waals surface area contributed by atoms with E-state index >= 15 is 0 Å². The Bertz CT molecular complexity index is 1070. The van der Waals surface area contributed by atoms with Crippen LogP contribution in [-0.2, 0) is 18.4 Å². The third kappa shape index (κ3) is 5.03. The van der Waals surface area contributed by atoms with Crippen molar-refractivity contribution in [2.24, 2.45) is 47.5 Å². The number of piperazine rings is 1. The topological polar surface area (TPSA) is 61.6 Å². The zero-order chi connectivity index (χ0) is 27.4. The highest BCUT2D eigenvalue weighted by Crippen LogP contribution is 2.67. The van der Waals surface area contributed by atoms with Crippen molar-refractivity contribution >= 4 is 5.91 Å². The lowest BCUT2D eigenvalue weighted by molar-refractivity contribution is -0.133. The molecular formula is C33H52N4O2. The minimum Gasteiger partial charge on any atom is -0.393 e. The fraction of sp³-hybridized carbons (Fsp3) is 0.818. The number of allylic oxidation sites excluding steroid dienone is 1. The van der Waals surface area contributed by atoms with Gasteiger partial charge in [0.2, 0.25) is 5.91 Å². The van der Waals surface area contributed by atoms with Gasteiger partial charge in [-0.25, -0.2) is 0 Å². The van der Waals surface area contributed by atoms with Crippen molar-refractivity contribution < 1.29 is 9.90 Å². The number of carbonyl (C=O) groups excluding carboxylic acids is 1. The molecule has 1 saturated heterocycles. The van der Waals surface area contributed by atoms with Crippen LogP contribution in [0.1, 0.15) is 90.5 Å². The van der Waals surface area contributed by atoms with Crippen molar-refractivity contribution in [2.75, 3.05) is 26.2 Å². The Hall–Kier alpha value is -1.66. The van der Waals surface area contributed by atoms with E-state index in [1.807, 2.05) is 17.9 Å². The molecule has 3 saturated carbocycles. The molecule has 0 unspecified atom stereocenters. The molecule has 5 aliphatic rings. The highest BCUT2D eigenvalue weighted by Gasteiger charge is 2.59. The largest absolute Gasteiger partial charge is 0.393 e. The summed E-state index contributed by atoms with van der Waals surface area (Å²) in [4.78, 5) is 17.8. The van der Waals surface area contributed by atoms with Crippen LogP contribution in [0.3, 0.4) is 0 Å². The van der Waals surface area contributed by atoms with Crippen LogP contribution in [0.4, 0.5) is 0 Å². The molecule has 0 spiro atoms. The van der Waals surface area contributed by atoms with Crippen LogP contribution in [0.25, 0.3) is 0 Å². The average Bonchev–Trinajstić information content (AvgIpc) is 3.50. The summed E-state index contributed by atoms with van der Waals surface area (Å²) < 4.78 is 1.86. The molecule has 1 aromatic heterocycles. The average molecular weight is 537 g/mol. The van der Waals surface area contributed by atoms with Crippen LogP contribution in [0.2, 0.25) is 0 Å². The van der Waals surface area contributed by atoms with Crippen molar-refractivity contribution in [1.82, 2.24) is 19.6 Å². The van der Waals surface area contributed by atoms with Crippen LogP contribution in [0.5, 0.6) is 0 Å². The summed E-state index contributed by atoms with van der Waals surface area (Å²) >= 11 is 0. The van der Waals surface area contributed by atoms with Gasteiger partial charge in [0, 0.05) is 58.0 Å². The van der Waals surface area contributed by atoms with Gasteiger partial charge in [-0.2, -0.15) is 5.10 Å². The molecule has 216 valence electrons. The quantitative estimate of drug-likeness (QED) is 0.493. The van der Waals surface area contributed by atoms with E-state index in [9.17, 15) is 9.90 Å². The predicted octanol–water partition coefficient (Wildman–Crippen LogP) is 5.42. The first-order chi connectivity index (χ1) is 18.7. The van der Waals surface area contributed by atoms with E-state index in [1.54, 1.807) is 5.57 Å². The van der Waals surface area contributed by atoms with Crippen LogP contribution in [0.15, 0.2) is 24.0 Å². The highest BCUT2D eigenvalue weighted by molar-refractivity contribution is 5.76. The molecule has 8 atom stereocenters. The molecule has 0 bridgehead atoms. The van der Waals surface area contributed by atoms with Gasteiger partial charge in [0.25, 0.3) is 0 Å². The minimum absolute atomic E-state index is 0.120. The van der Waals surface area contributed by atoms with Gasteiger partial charge in [-0.15, -0.1) is 0 Å². The number of aromatic nitrogens is 2. The van der Waals surface area contributed by atoms with E-state index in [-0.39, 0.29) is 6.10 Å².